The SMILES string of the molecule is CN=C(SC)c1ccccc1.I. The monoisotopic (exact) mass is 293 g/mol. The maximum atomic E-state index is 4.16. The minimum atomic E-state index is 0. The van der Waals surface area contributed by atoms with Crippen LogP contribution in [0.2, 0.25) is 0 Å². The van der Waals surface area contributed by atoms with Gasteiger partial charge < -0.3 is 0 Å². The first-order valence-electron chi connectivity index (χ1n) is 3.44. The second-order valence-electron chi connectivity index (χ2n) is 2.10. The smallest absolute Gasteiger partial charge is 0.0970 e. The molecule has 0 spiro atoms. The average Bonchev–Trinajstić information content (AvgIpc) is 2.09. The Labute approximate surface area is 94.7 Å². The van der Waals surface area contributed by atoms with Crippen molar-refractivity contribution in [1.29, 1.82) is 0 Å². The Morgan fingerprint density at radius 3 is 2.25 bits per heavy atom. The van der Waals surface area contributed by atoms with E-state index in [0.717, 1.165) is 5.04 Å². The lowest BCUT2D eigenvalue weighted by Crippen LogP contribution is -1.92. The van der Waals surface area contributed by atoms with Crippen molar-refractivity contribution in [2.75, 3.05) is 13.3 Å². The van der Waals surface area contributed by atoms with Crippen LogP contribution in [0.1, 0.15) is 5.56 Å². The molecule has 1 aromatic carbocycles. The van der Waals surface area contributed by atoms with E-state index in [1.165, 1.54) is 5.56 Å². The molecule has 0 aromatic heterocycles. The van der Waals surface area contributed by atoms with Gasteiger partial charge in [0.15, 0.2) is 0 Å². The molecule has 1 rings (SSSR count). The molecular weight excluding hydrogens is 281 g/mol. The van der Waals surface area contributed by atoms with E-state index < -0.39 is 0 Å². The number of benzene rings is 1. The lowest BCUT2D eigenvalue weighted by atomic mass is 10.2. The minimum Gasteiger partial charge on any atom is -0.281 e. The fourth-order valence-corrected chi connectivity index (χ4v) is 1.47. The first kappa shape index (κ1) is 12.0. The Balaban J connectivity index is 0.00000121. The van der Waals surface area contributed by atoms with Gasteiger partial charge in [-0.3, -0.25) is 4.99 Å². The number of halogens is 1. The van der Waals surface area contributed by atoms with Crippen LogP contribution in [0.4, 0.5) is 0 Å². The Bertz CT molecular complexity index is 246. The summed E-state index contributed by atoms with van der Waals surface area (Å²) >= 11 is 1.67. The number of hydrogen-bond acceptors (Lipinski definition) is 2. The number of rotatable bonds is 1. The first-order chi connectivity index (χ1) is 5.38. The van der Waals surface area contributed by atoms with Gasteiger partial charge in [-0.2, -0.15) is 0 Å². The van der Waals surface area contributed by atoms with Gasteiger partial charge in [-0.25, -0.2) is 0 Å². The van der Waals surface area contributed by atoms with Crippen molar-refractivity contribution < 1.29 is 0 Å². The average molecular weight is 293 g/mol. The Hall–Kier alpha value is -0.0300. The van der Waals surface area contributed by atoms with Gasteiger partial charge in [0.25, 0.3) is 0 Å². The zero-order chi connectivity index (χ0) is 8.10. The molecule has 0 bridgehead atoms. The Morgan fingerprint density at radius 2 is 1.83 bits per heavy atom. The van der Waals surface area contributed by atoms with Crippen molar-refractivity contribution in [3.05, 3.63) is 35.9 Å². The molecule has 0 amide bonds. The van der Waals surface area contributed by atoms with E-state index in [0.29, 0.717) is 0 Å². The number of aliphatic imine (C=N–C) groups is 1. The van der Waals surface area contributed by atoms with Gasteiger partial charge in [0, 0.05) is 12.6 Å². The molecule has 0 saturated heterocycles. The summed E-state index contributed by atoms with van der Waals surface area (Å²) in [6, 6.07) is 10.2. The van der Waals surface area contributed by atoms with Crippen LogP contribution in [0.15, 0.2) is 35.3 Å². The summed E-state index contributed by atoms with van der Waals surface area (Å²) in [6.45, 7) is 0. The fraction of sp³-hybridized carbons (Fsp3) is 0.222. The molecule has 0 fully saturated rings. The van der Waals surface area contributed by atoms with Gasteiger partial charge in [0.2, 0.25) is 0 Å². The molecule has 0 N–H and O–H groups in total. The zero-order valence-electron chi connectivity index (χ0n) is 7.15. The lowest BCUT2D eigenvalue weighted by molar-refractivity contribution is 1.45. The maximum absolute atomic E-state index is 4.16. The van der Waals surface area contributed by atoms with Crippen LogP contribution in [-0.2, 0) is 0 Å². The van der Waals surface area contributed by atoms with E-state index in [-0.39, 0.29) is 24.0 Å². The van der Waals surface area contributed by atoms with Crippen LogP contribution in [-0.4, -0.2) is 18.3 Å². The minimum absolute atomic E-state index is 0. The highest BCUT2D eigenvalue weighted by Crippen LogP contribution is 2.09. The molecule has 1 aromatic rings. The molecule has 1 nitrogen and oxygen atoms in total. The molecule has 0 atom stereocenters. The molecule has 0 aliphatic heterocycles. The van der Waals surface area contributed by atoms with E-state index in [4.69, 9.17) is 0 Å². The van der Waals surface area contributed by atoms with Crippen molar-refractivity contribution in [3.8, 4) is 0 Å². The predicted octanol–water partition coefficient (Wildman–Crippen LogP) is 3.04. The summed E-state index contributed by atoms with van der Waals surface area (Å²) < 4.78 is 0. The fourth-order valence-electron chi connectivity index (χ4n) is 0.919. The van der Waals surface area contributed by atoms with Gasteiger partial charge in [0.1, 0.15) is 0 Å². The van der Waals surface area contributed by atoms with Gasteiger partial charge in [-0.1, -0.05) is 30.3 Å². The van der Waals surface area contributed by atoms with Gasteiger partial charge in [-0.15, -0.1) is 35.7 Å². The molecule has 0 aliphatic rings. The molecular formula is C9H12INS. The third kappa shape index (κ3) is 3.15. The third-order valence-electron chi connectivity index (χ3n) is 1.42. The molecule has 0 unspecified atom stereocenters. The Kier molecular flexibility index (Phi) is 6.47. The number of nitrogens with zero attached hydrogens (tertiary/aromatic N) is 1. The van der Waals surface area contributed by atoms with E-state index in [1.807, 2.05) is 31.5 Å². The summed E-state index contributed by atoms with van der Waals surface area (Å²) in [5, 5.41) is 1.09. The van der Waals surface area contributed by atoms with E-state index >= 15 is 0 Å². The van der Waals surface area contributed by atoms with Crippen LogP contribution >= 0.6 is 35.7 Å². The Morgan fingerprint density at radius 1 is 1.25 bits per heavy atom. The van der Waals surface area contributed by atoms with Gasteiger partial charge in [0.05, 0.1) is 5.04 Å². The highest BCUT2D eigenvalue weighted by atomic mass is 127. The van der Waals surface area contributed by atoms with Crippen molar-refractivity contribution in [2.24, 2.45) is 4.99 Å². The second-order valence-corrected chi connectivity index (χ2v) is 2.89. The zero-order valence-corrected chi connectivity index (χ0v) is 10.3. The number of hydrogen-bond donors (Lipinski definition) is 0. The number of thioether (sulfide) groups is 1. The molecule has 0 aliphatic carbocycles. The highest BCUT2D eigenvalue weighted by Gasteiger charge is 1.96. The van der Waals surface area contributed by atoms with Gasteiger partial charge in [-0.05, 0) is 6.26 Å². The van der Waals surface area contributed by atoms with Crippen LogP contribution in [0.25, 0.3) is 0 Å². The largest absolute Gasteiger partial charge is 0.281 e. The van der Waals surface area contributed by atoms with Crippen molar-refractivity contribution in [3.63, 3.8) is 0 Å². The van der Waals surface area contributed by atoms with Crippen LogP contribution in [0.5, 0.6) is 0 Å². The van der Waals surface area contributed by atoms with Crippen LogP contribution in [0, 0.1) is 0 Å². The van der Waals surface area contributed by atoms with E-state index in [1.54, 1.807) is 11.8 Å². The first-order valence-corrected chi connectivity index (χ1v) is 4.67. The normalized spacial score (nSPS) is 10.7. The predicted molar refractivity (Wildman–Crippen MR) is 67.8 cm³/mol. The molecule has 0 saturated carbocycles. The van der Waals surface area contributed by atoms with Crippen molar-refractivity contribution >= 4 is 40.8 Å². The van der Waals surface area contributed by atoms with Crippen molar-refractivity contribution in [2.45, 2.75) is 0 Å². The molecule has 0 heterocycles. The maximum Gasteiger partial charge on any atom is 0.0970 e. The molecule has 66 valence electrons. The summed E-state index contributed by atoms with van der Waals surface area (Å²) in [5.74, 6) is 0. The highest BCUT2D eigenvalue weighted by molar-refractivity contribution is 14.0. The van der Waals surface area contributed by atoms with Crippen LogP contribution in [0.3, 0.4) is 0 Å². The molecule has 3 heteroatoms. The van der Waals surface area contributed by atoms with E-state index in [9.17, 15) is 0 Å². The lowest BCUT2D eigenvalue weighted by Gasteiger charge is -1.99. The van der Waals surface area contributed by atoms with Crippen LogP contribution < -0.4 is 0 Å². The third-order valence-corrected chi connectivity index (χ3v) is 2.22. The molecule has 0 radical (unpaired) electrons. The standard InChI is InChI=1S/C9H11NS.HI/c1-10-9(11-2)8-6-4-3-5-7-8;/h3-7H,1-2H3;1H. The van der Waals surface area contributed by atoms with Crippen molar-refractivity contribution in [1.82, 2.24) is 0 Å². The van der Waals surface area contributed by atoms with Gasteiger partial charge >= 0.3 is 0 Å². The quantitative estimate of drug-likeness (QED) is 0.440. The summed E-state index contributed by atoms with van der Waals surface area (Å²) in [4.78, 5) is 4.16. The summed E-state index contributed by atoms with van der Waals surface area (Å²) in [5.41, 5.74) is 1.20. The summed E-state index contributed by atoms with van der Waals surface area (Å²) in [7, 11) is 1.82. The second kappa shape index (κ2) is 6.48. The summed E-state index contributed by atoms with van der Waals surface area (Å²) in [6.07, 6.45) is 2.04. The topological polar surface area (TPSA) is 12.4 Å². The molecule has 12 heavy (non-hydrogen) atoms. The van der Waals surface area contributed by atoms with E-state index in [2.05, 4.69) is 17.1 Å².